The fourth-order valence-corrected chi connectivity index (χ4v) is 2.68. The molecule has 6 nitrogen and oxygen atoms in total. The quantitative estimate of drug-likeness (QED) is 0.889. The van der Waals surface area contributed by atoms with Gasteiger partial charge in [0, 0.05) is 11.4 Å². The van der Waals surface area contributed by atoms with Crippen LogP contribution in [0, 0.1) is 0 Å². The molecule has 2 amide bonds. The number of carbonyl (C=O) groups is 2. The third kappa shape index (κ3) is 3.16. The van der Waals surface area contributed by atoms with E-state index in [4.69, 9.17) is 4.74 Å². The van der Waals surface area contributed by atoms with Crippen molar-refractivity contribution in [3.63, 3.8) is 0 Å². The second kappa shape index (κ2) is 6.13. The van der Waals surface area contributed by atoms with Gasteiger partial charge in [0.25, 0.3) is 0 Å². The molecule has 1 atom stereocenters. The van der Waals surface area contributed by atoms with Crippen molar-refractivity contribution < 1.29 is 14.3 Å². The maximum Gasteiger partial charge on any atom is 0.414 e. The van der Waals surface area contributed by atoms with E-state index in [2.05, 4.69) is 10.6 Å². The fraction of sp³-hybridized carbons (Fsp3) is 0.467. The van der Waals surface area contributed by atoms with Crippen LogP contribution < -0.4 is 15.5 Å². The molecule has 21 heavy (non-hydrogen) atoms. The van der Waals surface area contributed by atoms with Crippen molar-refractivity contribution in [2.24, 2.45) is 0 Å². The molecule has 0 saturated carbocycles. The molecule has 0 unspecified atom stereocenters. The Kier molecular flexibility index (Phi) is 4.06. The second-order valence-electron chi connectivity index (χ2n) is 5.31. The summed E-state index contributed by atoms with van der Waals surface area (Å²) in [6.07, 6.45) is 2.72. The molecule has 0 radical (unpaired) electrons. The Morgan fingerprint density at radius 2 is 2.29 bits per heavy atom. The summed E-state index contributed by atoms with van der Waals surface area (Å²) in [5.41, 5.74) is 1.44. The number of amides is 2. The zero-order valence-corrected chi connectivity index (χ0v) is 11.8. The van der Waals surface area contributed by atoms with Gasteiger partial charge in [-0.3, -0.25) is 9.69 Å². The molecule has 0 aliphatic carbocycles. The zero-order valence-electron chi connectivity index (χ0n) is 11.8. The van der Waals surface area contributed by atoms with Crippen LogP contribution >= 0.6 is 0 Å². The van der Waals surface area contributed by atoms with Crippen LogP contribution in [0.2, 0.25) is 0 Å². The standard InChI is InChI=1S/C15H19N3O3/c19-14(13-6-1-2-7-16-13)17-11-4-3-5-12(10-11)18-8-9-21-15(18)20/h3-5,10,13,16H,1-2,6-9H2,(H,17,19)/t13-/m1/s1. The first-order chi connectivity index (χ1) is 10.2. The molecule has 0 spiro atoms. The van der Waals surface area contributed by atoms with Crippen LogP contribution in [0.4, 0.5) is 16.2 Å². The van der Waals surface area contributed by atoms with Gasteiger partial charge in [0.05, 0.1) is 12.6 Å². The molecule has 2 heterocycles. The Morgan fingerprint density at radius 1 is 1.38 bits per heavy atom. The number of nitrogens with one attached hydrogen (secondary N) is 2. The molecule has 2 saturated heterocycles. The fourth-order valence-electron chi connectivity index (χ4n) is 2.68. The lowest BCUT2D eigenvalue weighted by molar-refractivity contribution is -0.118. The summed E-state index contributed by atoms with van der Waals surface area (Å²) in [5, 5.41) is 6.13. The lowest BCUT2D eigenvalue weighted by Crippen LogP contribution is -2.43. The molecule has 0 bridgehead atoms. The highest BCUT2D eigenvalue weighted by molar-refractivity contribution is 5.96. The van der Waals surface area contributed by atoms with Gasteiger partial charge in [-0.1, -0.05) is 12.5 Å². The number of hydrogen-bond donors (Lipinski definition) is 2. The summed E-state index contributed by atoms with van der Waals surface area (Å²) in [6.45, 7) is 1.83. The van der Waals surface area contributed by atoms with Crippen LogP contribution in [0.1, 0.15) is 19.3 Å². The van der Waals surface area contributed by atoms with Crippen molar-refractivity contribution in [2.45, 2.75) is 25.3 Å². The van der Waals surface area contributed by atoms with E-state index in [1.54, 1.807) is 11.0 Å². The van der Waals surface area contributed by atoms with Crippen molar-refractivity contribution in [3.05, 3.63) is 24.3 Å². The Labute approximate surface area is 123 Å². The normalized spacial score (nSPS) is 22.0. The number of anilines is 2. The van der Waals surface area contributed by atoms with Gasteiger partial charge in [0.2, 0.25) is 5.91 Å². The number of nitrogens with zero attached hydrogens (tertiary/aromatic N) is 1. The monoisotopic (exact) mass is 289 g/mol. The summed E-state index contributed by atoms with van der Waals surface area (Å²) in [7, 11) is 0. The number of piperidine rings is 1. The Hall–Kier alpha value is -2.08. The highest BCUT2D eigenvalue weighted by Gasteiger charge is 2.24. The van der Waals surface area contributed by atoms with Crippen molar-refractivity contribution >= 4 is 23.4 Å². The maximum absolute atomic E-state index is 12.2. The van der Waals surface area contributed by atoms with Crippen molar-refractivity contribution in [1.29, 1.82) is 0 Å². The van der Waals surface area contributed by atoms with Crippen LogP contribution in [0.3, 0.4) is 0 Å². The molecule has 3 rings (SSSR count). The van der Waals surface area contributed by atoms with E-state index in [0.29, 0.717) is 18.8 Å². The number of cyclic esters (lactones) is 1. The van der Waals surface area contributed by atoms with Crippen LogP contribution in [0.25, 0.3) is 0 Å². The van der Waals surface area contributed by atoms with Crippen LogP contribution in [-0.2, 0) is 9.53 Å². The molecule has 112 valence electrons. The van der Waals surface area contributed by atoms with Gasteiger partial charge in [-0.05, 0) is 37.6 Å². The summed E-state index contributed by atoms with van der Waals surface area (Å²) >= 11 is 0. The Balaban J connectivity index is 1.68. The molecular weight excluding hydrogens is 270 g/mol. The molecule has 1 aromatic carbocycles. The minimum absolute atomic E-state index is 0.0177. The number of rotatable bonds is 3. The zero-order chi connectivity index (χ0) is 14.7. The molecule has 6 heteroatoms. The number of benzene rings is 1. The first kappa shape index (κ1) is 13.9. The summed E-state index contributed by atoms with van der Waals surface area (Å²) < 4.78 is 4.93. The molecule has 2 fully saturated rings. The number of hydrogen-bond acceptors (Lipinski definition) is 4. The summed E-state index contributed by atoms with van der Waals surface area (Å²) in [6, 6.07) is 7.16. The second-order valence-corrected chi connectivity index (χ2v) is 5.31. The minimum Gasteiger partial charge on any atom is -0.447 e. The minimum atomic E-state index is -0.340. The SMILES string of the molecule is O=C(Nc1cccc(N2CCOC2=O)c1)[C@H]1CCCCN1. The summed E-state index contributed by atoms with van der Waals surface area (Å²) in [5.74, 6) is -0.0177. The highest BCUT2D eigenvalue weighted by atomic mass is 16.6. The average Bonchev–Trinajstić information content (AvgIpc) is 2.94. The highest BCUT2D eigenvalue weighted by Crippen LogP contribution is 2.22. The van der Waals surface area contributed by atoms with Gasteiger partial charge in [0.1, 0.15) is 6.61 Å². The van der Waals surface area contributed by atoms with Crippen molar-refractivity contribution in [2.75, 3.05) is 29.9 Å². The average molecular weight is 289 g/mol. The number of ether oxygens (including phenoxy) is 1. The maximum atomic E-state index is 12.2. The molecule has 0 aromatic heterocycles. The third-order valence-electron chi connectivity index (χ3n) is 3.81. The first-order valence-electron chi connectivity index (χ1n) is 7.33. The molecule has 2 aliphatic heterocycles. The smallest absolute Gasteiger partial charge is 0.414 e. The lowest BCUT2D eigenvalue weighted by atomic mass is 10.0. The van der Waals surface area contributed by atoms with Crippen LogP contribution in [-0.4, -0.2) is 37.7 Å². The predicted molar refractivity (Wildman–Crippen MR) is 79.4 cm³/mol. The van der Waals surface area contributed by atoms with Crippen molar-refractivity contribution in [3.8, 4) is 0 Å². The third-order valence-corrected chi connectivity index (χ3v) is 3.81. The topological polar surface area (TPSA) is 70.7 Å². The largest absolute Gasteiger partial charge is 0.447 e. The van der Waals surface area contributed by atoms with Crippen LogP contribution in [0.5, 0.6) is 0 Å². The van der Waals surface area contributed by atoms with E-state index in [-0.39, 0.29) is 18.0 Å². The molecule has 2 N–H and O–H groups in total. The lowest BCUT2D eigenvalue weighted by Gasteiger charge is -2.22. The van der Waals surface area contributed by atoms with E-state index >= 15 is 0 Å². The van der Waals surface area contributed by atoms with E-state index in [1.807, 2.05) is 18.2 Å². The molecular formula is C15H19N3O3. The Morgan fingerprint density at radius 3 is 3.00 bits per heavy atom. The van der Waals surface area contributed by atoms with Crippen molar-refractivity contribution in [1.82, 2.24) is 5.32 Å². The van der Waals surface area contributed by atoms with Gasteiger partial charge >= 0.3 is 6.09 Å². The van der Waals surface area contributed by atoms with E-state index in [1.165, 1.54) is 0 Å². The predicted octanol–water partition coefficient (Wildman–Crippen LogP) is 1.72. The van der Waals surface area contributed by atoms with E-state index < -0.39 is 0 Å². The molecule has 2 aliphatic rings. The van der Waals surface area contributed by atoms with Crippen LogP contribution in [0.15, 0.2) is 24.3 Å². The van der Waals surface area contributed by atoms with E-state index in [9.17, 15) is 9.59 Å². The van der Waals surface area contributed by atoms with Gasteiger partial charge in [-0.2, -0.15) is 0 Å². The van der Waals surface area contributed by atoms with Gasteiger partial charge in [-0.15, -0.1) is 0 Å². The van der Waals surface area contributed by atoms with E-state index in [0.717, 1.165) is 31.5 Å². The van der Waals surface area contributed by atoms with Gasteiger partial charge in [0.15, 0.2) is 0 Å². The van der Waals surface area contributed by atoms with Gasteiger partial charge in [-0.25, -0.2) is 4.79 Å². The Bertz CT molecular complexity index is 541. The summed E-state index contributed by atoms with van der Waals surface area (Å²) in [4.78, 5) is 25.3. The number of carbonyl (C=O) groups excluding carboxylic acids is 2. The first-order valence-corrected chi connectivity index (χ1v) is 7.33. The molecule has 1 aromatic rings. The van der Waals surface area contributed by atoms with Gasteiger partial charge < -0.3 is 15.4 Å².